The maximum atomic E-state index is 6.02. The van der Waals surface area contributed by atoms with Crippen LogP contribution in [0.1, 0.15) is 11.1 Å². The second-order valence-electron chi connectivity index (χ2n) is 4.61. The molecule has 0 fully saturated rings. The molecular formula is C15H15BrN2. The number of nitrogens with two attached hydrogens (primary N) is 1. The molecule has 0 aromatic heterocycles. The molecule has 0 saturated heterocycles. The molecule has 92 valence electrons. The van der Waals surface area contributed by atoms with Gasteiger partial charge in [0.2, 0.25) is 0 Å². The van der Waals surface area contributed by atoms with E-state index in [4.69, 9.17) is 5.73 Å². The number of rotatable bonds is 2. The van der Waals surface area contributed by atoms with Gasteiger partial charge in [-0.1, -0.05) is 40.2 Å². The molecule has 1 aliphatic rings. The fraction of sp³-hybridized carbons (Fsp3) is 0.200. The number of anilines is 2. The van der Waals surface area contributed by atoms with E-state index in [1.54, 1.807) is 0 Å². The third-order valence-electron chi connectivity index (χ3n) is 3.48. The Bertz CT molecular complexity index is 580. The standard InChI is InChI=1S/C15H15BrN2/c16-13-5-2-1-4-11(13)10-18-9-8-12-14(17)6-3-7-15(12)18/h1-7H,8-10,17H2. The summed E-state index contributed by atoms with van der Waals surface area (Å²) >= 11 is 3.61. The number of halogens is 1. The van der Waals surface area contributed by atoms with Gasteiger partial charge in [0.15, 0.2) is 0 Å². The molecular weight excluding hydrogens is 288 g/mol. The molecule has 2 aromatic carbocycles. The van der Waals surface area contributed by atoms with Crippen LogP contribution in [-0.2, 0) is 13.0 Å². The van der Waals surface area contributed by atoms with Crippen molar-refractivity contribution in [2.45, 2.75) is 13.0 Å². The normalized spacial score (nSPS) is 13.7. The van der Waals surface area contributed by atoms with Crippen LogP contribution in [0.5, 0.6) is 0 Å². The summed E-state index contributed by atoms with van der Waals surface area (Å²) < 4.78 is 1.17. The fourth-order valence-electron chi connectivity index (χ4n) is 2.52. The van der Waals surface area contributed by atoms with Crippen molar-refractivity contribution in [3.05, 3.63) is 58.1 Å². The smallest absolute Gasteiger partial charge is 0.0440 e. The second kappa shape index (κ2) is 4.65. The first-order valence-corrected chi connectivity index (χ1v) is 6.91. The van der Waals surface area contributed by atoms with Gasteiger partial charge in [0.25, 0.3) is 0 Å². The third-order valence-corrected chi connectivity index (χ3v) is 4.25. The highest BCUT2D eigenvalue weighted by molar-refractivity contribution is 9.10. The fourth-order valence-corrected chi connectivity index (χ4v) is 2.93. The van der Waals surface area contributed by atoms with Crippen LogP contribution >= 0.6 is 15.9 Å². The van der Waals surface area contributed by atoms with Gasteiger partial charge in [-0.3, -0.25) is 0 Å². The van der Waals surface area contributed by atoms with Crippen LogP contribution in [0.25, 0.3) is 0 Å². The van der Waals surface area contributed by atoms with E-state index >= 15 is 0 Å². The summed E-state index contributed by atoms with van der Waals surface area (Å²) in [4.78, 5) is 2.39. The van der Waals surface area contributed by atoms with Crippen molar-refractivity contribution < 1.29 is 0 Å². The van der Waals surface area contributed by atoms with Crippen molar-refractivity contribution in [3.8, 4) is 0 Å². The second-order valence-corrected chi connectivity index (χ2v) is 5.46. The number of benzene rings is 2. The topological polar surface area (TPSA) is 29.3 Å². The van der Waals surface area contributed by atoms with Crippen LogP contribution in [0.3, 0.4) is 0 Å². The van der Waals surface area contributed by atoms with Crippen molar-refractivity contribution in [1.29, 1.82) is 0 Å². The maximum absolute atomic E-state index is 6.02. The lowest BCUT2D eigenvalue weighted by Crippen LogP contribution is -2.19. The van der Waals surface area contributed by atoms with Gasteiger partial charge in [0.05, 0.1) is 0 Å². The average Bonchev–Trinajstić information content (AvgIpc) is 2.77. The summed E-state index contributed by atoms with van der Waals surface area (Å²) in [6.45, 7) is 1.97. The monoisotopic (exact) mass is 302 g/mol. The minimum absolute atomic E-state index is 0.919. The van der Waals surface area contributed by atoms with Gasteiger partial charge in [0, 0.05) is 34.5 Å². The van der Waals surface area contributed by atoms with E-state index in [0.29, 0.717) is 0 Å². The van der Waals surface area contributed by atoms with E-state index in [1.807, 2.05) is 18.2 Å². The molecule has 1 heterocycles. The zero-order valence-electron chi connectivity index (χ0n) is 10.1. The molecule has 2 aromatic rings. The lowest BCUT2D eigenvalue weighted by atomic mass is 10.1. The Morgan fingerprint density at radius 1 is 1.11 bits per heavy atom. The first kappa shape index (κ1) is 11.6. The molecule has 0 amide bonds. The minimum Gasteiger partial charge on any atom is -0.398 e. The number of nitrogen functional groups attached to an aromatic ring is 1. The predicted octanol–water partition coefficient (Wildman–Crippen LogP) is 3.59. The Balaban J connectivity index is 1.90. The van der Waals surface area contributed by atoms with Crippen LogP contribution < -0.4 is 10.6 Å². The van der Waals surface area contributed by atoms with E-state index in [-0.39, 0.29) is 0 Å². The van der Waals surface area contributed by atoms with Crippen LogP contribution in [0, 0.1) is 0 Å². The largest absolute Gasteiger partial charge is 0.398 e. The number of hydrogen-bond acceptors (Lipinski definition) is 2. The van der Waals surface area contributed by atoms with Crippen molar-refractivity contribution >= 4 is 27.3 Å². The summed E-state index contributed by atoms with van der Waals surface area (Å²) in [5.41, 5.74) is 10.8. The maximum Gasteiger partial charge on any atom is 0.0440 e. The van der Waals surface area contributed by atoms with Crippen LogP contribution in [0.2, 0.25) is 0 Å². The Hall–Kier alpha value is -1.48. The summed E-state index contributed by atoms with van der Waals surface area (Å²) in [6.07, 6.45) is 1.05. The van der Waals surface area contributed by atoms with E-state index in [0.717, 1.165) is 25.2 Å². The SMILES string of the molecule is Nc1cccc2c1CCN2Cc1ccccc1Br. The van der Waals surface area contributed by atoms with Gasteiger partial charge < -0.3 is 10.6 Å². The number of fused-ring (bicyclic) bond motifs is 1. The lowest BCUT2D eigenvalue weighted by molar-refractivity contribution is 0.833. The lowest BCUT2D eigenvalue weighted by Gasteiger charge is -2.20. The van der Waals surface area contributed by atoms with E-state index in [1.165, 1.54) is 21.3 Å². The molecule has 18 heavy (non-hydrogen) atoms. The zero-order valence-corrected chi connectivity index (χ0v) is 11.7. The van der Waals surface area contributed by atoms with E-state index in [2.05, 4.69) is 45.1 Å². The summed E-state index contributed by atoms with van der Waals surface area (Å²) in [7, 11) is 0. The van der Waals surface area contributed by atoms with Gasteiger partial charge in [-0.15, -0.1) is 0 Å². The van der Waals surface area contributed by atoms with Gasteiger partial charge in [-0.25, -0.2) is 0 Å². The van der Waals surface area contributed by atoms with Gasteiger partial charge >= 0.3 is 0 Å². The minimum atomic E-state index is 0.919. The Morgan fingerprint density at radius 3 is 2.78 bits per heavy atom. The summed E-state index contributed by atoms with van der Waals surface area (Å²) in [5, 5.41) is 0. The highest BCUT2D eigenvalue weighted by Crippen LogP contribution is 2.33. The first-order valence-electron chi connectivity index (χ1n) is 6.11. The molecule has 0 atom stereocenters. The summed E-state index contributed by atoms with van der Waals surface area (Å²) in [6, 6.07) is 14.6. The van der Waals surface area contributed by atoms with Crippen LogP contribution in [-0.4, -0.2) is 6.54 Å². The van der Waals surface area contributed by atoms with Crippen molar-refractivity contribution in [1.82, 2.24) is 0 Å². The van der Waals surface area contributed by atoms with Crippen molar-refractivity contribution in [2.75, 3.05) is 17.2 Å². The quantitative estimate of drug-likeness (QED) is 0.859. The molecule has 2 nitrogen and oxygen atoms in total. The predicted molar refractivity (Wildman–Crippen MR) is 79.8 cm³/mol. The molecule has 0 spiro atoms. The molecule has 0 bridgehead atoms. The number of hydrogen-bond donors (Lipinski definition) is 1. The molecule has 0 radical (unpaired) electrons. The Morgan fingerprint density at radius 2 is 1.94 bits per heavy atom. The number of nitrogens with zero attached hydrogens (tertiary/aromatic N) is 1. The van der Waals surface area contributed by atoms with Gasteiger partial charge in [-0.05, 0) is 30.2 Å². The molecule has 2 N–H and O–H groups in total. The first-order chi connectivity index (χ1) is 8.75. The molecule has 0 saturated carbocycles. The van der Waals surface area contributed by atoms with Crippen molar-refractivity contribution in [3.63, 3.8) is 0 Å². The Kier molecular flexibility index (Phi) is 3.00. The molecule has 1 aliphatic heterocycles. The molecule has 3 rings (SSSR count). The van der Waals surface area contributed by atoms with E-state index in [9.17, 15) is 0 Å². The zero-order chi connectivity index (χ0) is 12.5. The molecule has 0 unspecified atom stereocenters. The van der Waals surface area contributed by atoms with Crippen LogP contribution in [0.4, 0.5) is 11.4 Å². The van der Waals surface area contributed by atoms with E-state index < -0.39 is 0 Å². The highest BCUT2D eigenvalue weighted by Gasteiger charge is 2.21. The van der Waals surface area contributed by atoms with Gasteiger partial charge in [-0.2, -0.15) is 0 Å². The summed E-state index contributed by atoms with van der Waals surface area (Å²) in [5.74, 6) is 0. The molecule has 3 heteroatoms. The third kappa shape index (κ3) is 1.99. The average molecular weight is 303 g/mol. The van der Waals surface area contributed by atoms with Crippen molar-refractivity contribution in [2.24, 2.45) is 0 Å². The molecule has 0 aliphatic carbocycles. The Labute approximate surface area is 116 Å². The van der Waals surface area contributed by atoms with Crippen LogP contribution in [0.15, 0.2) is 46.9 Å². The highest BCUT2D eigenvalue weighted by atomic mass is 79.9. The van der Waals surface area contributed by atoms with Gasteiger partial charge in [0.1, 0.15) is 0 Å².